The standard InChI is InChI=1S/C9H10F2N2O4S/c1-2-17-9(14)12-13-18(15,16)7-5-3-4-6(10)8(7)11/h3-5,13H,2H2,1H3,(H,12,14). The van der Waals surface area contributed by atoms with E-state index in [2.05, 4.69) is 4.74 Å². The van der Waals surface area contributed by atoms with Crippen molar-refractivity contribution < 1.29 is 26.7 Å². The van der Waals surface area contributed by atoms with Crippen molar-refractivity contribution in [3.63, 3.8) is 0 Å². The van der Waals surface area contributed by atoms with Gasteiger partial charge in [0.1, 0.15) is 4.90 Å². The average Bonchev–Trinajstić information content (AvgIpc) is 2.30. The van der Waals surface area contributed by atoms with E-state index < -0.39 is 32.6 Å². The Labute approximate surface area is 102 Å². The van der Waals surface area contributed by atoms with Crippen molar-refractivity contribution in [3.05, 3.63) is 29.8 Å². The van der Waals surface area contributed by atoms with Crippen LogP contribution in [0.4, 0.5) is 13.6 Å². The number of hydrogen-bond donors (Lipinski definition) is 2. The van der Waals surface area contributed by atoms with Crippen LogP contribution in [0.25, 0.3) is 0 Å². The SMILES string of the molecule is CCOC(=O)NNS(=O)(=O)c1cccc(F)c1F. The summed E-state index contributed by atoms with van der Waals surface area (Å²) >= 11 is 0. The van der Waals surface area contributed by atoms with Crippen LogP contribution in [0.15, 0.2) is 23.1 Å². The molecule has 1 amide bonds. The minimum Gasteiger partial charge on any atom is -0.449 e. The number of hydrazine groups is 1. The first-order valence-electron chi connectivity index (χ1n) is 4.77. The van der Waals surface area contributed by atoms with E-state index >= 15 is 0 Å². The molecular weight excluding hydrogens is 270 g/mol. The molecular formula is C9H10F2N2O4S. The van der Waals surface area contributed by atoms with Crippen molar-refractivity contribution in [2.24, 2.45) is 0 Å². The summed E-state index contributed by atoms with van der Waals surface area (Å²) in [4.78, 5) is 11.5. The quantitative estimate of drug-likeness (QED) is 0.803. The van der Waals surface area contributed by atoms with Crippen molar-refractivity contribution in [1.29, 1.82) is 0 Å². The number of rotatable bonds is 4. The molecule has 0 aromatic heterocycles. The number of hydrogen-bond acceptors (Lipinski definition) is 4. The molecule has 0 aliphatic heterocycles. The second kappa shape index (κ2) is 5.74. The number of sulfonamides is 1. The molecule has 0 heterocycles. The molecule has 0 atom stereocenters. The Morgan fingerprint density at radius 1 is 1.39 bits per heavy atom. The average molecular weight is 280 g/mol. The lowest BCUT2D eigenvalue weighted by Gasteiger charge is -2.08. The molecule has 18 heavy (non-hydrogen) atoms. The Kier molecular flexibility index (Phi) is 4.56. The zero-order valence-electron chi connectivity index (χ0n) is 9.24. The second-order valence-electron chi connectivity index (χ2n) is 3.00. The largest absolute Gasteiger partial charge is 0.449 e. The van der Waals surface area contributed by atoms with Crippen LogP contribution in [0.1, 0.15) is 6.92 Å². The molecule has 0 fully saturated rings. The Morgan fingerprint density at radius 3 is 2.67 bits per heavy atom. The molecule has 1 aromatic rings. The van der Waals surface area contributed by atoms with Crippen LogP contribution < -0.4 is 10.3 Å². The van der Waals surface area contributed by atoms with Gasteiger partial charge in [-0.05, 0) is 19.1 Å². The van der Waals surface area contributed by atoms with Crippen molar-refractivity contribution in [3.8, 4) is 0 Å². The topological polar surface area (TPSA) is 84.5 Å². The molecule has 0 saturated heterocycles. The normalized spacial score (nSPS) is 11.1. The van der Waals surface area contributed by atoms with E-state index in [9.17, 15) is 22.0 Å². The van der Waals surface area contributed by atoms with Crippen LogP contribution in [-0.2, 0) is 14.8 Å². The molecule has 0 aliphatic carbocycles. The molecule has 0 bridgehead atoms. The highest BCUT2D eigenvalue weighted by Crippen LogP contribution is 2.15. The maximum absolute atomic E-state index is 13.2. The summed E-state index contributed by atoms with van der Waals surface area (Å²) in [7, 11) is -4.40. The Balaban J connectivity index is 2.87. The lowest BCUT2D eigenvalue weighted by atomic mass is 10.3. The highest BCUT2D eigenvalue weighted by molar-refractivity contribution is 7.89. The molecule has 0 aliphatic rings. The third-order valence-corrected chi connectivity index (χ3v) is 3.03. The van der Waals surface area contributed by atoms with Crippen molar-refractivity contribution in [2.75, 3.05) is 6.61 Å². The highest BCUT2D eigenvalue weighted by atomic mass is 32.2. The minimum atomic E-state index is -4.40. The highest BCUT2D eigenvalue weighted by Gasteiger charge is 2.22. The van der Waals surface area contributed by atoms with Crippen LogP contribution in [0, 0.1) is 11.6 Å². The van der Waals surface area contributed by atoms with Gasteiger partial charge >= 0.3 is 6.09 Å². The molecule has 0 unspecified atom stereocenters. The first kappa shape index (κ1) is 14.3. The van der Waals surface area contributed by atoms with Crippen LogP contribution in [0.5, 0.6) is 0 Å². The molecule has 0 saturated carbocycles. The van der Waals surface area contributed by atoms with Crippen molar-refractivity contribution in [2.45, 2.75) is 11.8 Å². The van der Waals surface area contributed by atoms with E-state index in [0.717, 1.165) is 18.2 Å². The molecule has 100 valence electrons. The number of nitrogens with one attached hydrogen (secondary N) is 2. The van der Waals surface area contributed by atoms with Gasteiger partial charge in [0.25, 0.3) is 10.0 Å². The van der Waals surface area contributed by atoms with Gasteiger partial charge in [0.2, 0.25) is 0 Å². The number of carbonyl (C=O) groups excluding carboxylic acids is 1. The summed E-state index contributed by atoms with van der Waals surface area (Å²) in [5, 5.41) is 0. The van der Waals surface area contributed by atoms with Gasteiger partial charge in [0.15, 0.2) is 11.6 Å². The zero-order valence-corrected chi connectivity index (χ0v) is 10.1. The van der Waals surface area contributed by atoms with Gasteiger partial charge in [-0.2, -0.15) is 0 Å². The zero-order chi connectivity index (χ0) is 13.8. The van der Waals surface area contributed by atoms with Gasteiger partial charge in [-0.3, -0.25) is 0 Å². The van der Waals surface area contributed by atoms with E-state index in [1.807, 2.05) is 0 Å². The molecule has 9 heteroatoms. The van der Waals surface area contributed by atoms with E-state index in [4.69, 9.17) is 0 Å². The second-order valence-corrected chi connectivity index (χ2v) is 4.65. The van der Waals surface area contributed by atoms with Gasteiger partial charge in [0.05, 0.1) is 6.61 Å². The first-order chi connectivity index (χ1) is 8.38. The third kappa shape index (κ3) is 3.37. The molecule has 0 radical (unpaired) electrons. The monoisotopic (exact) mass is 280 g/mol. The summed E-state index contributed by atoms with van der Waals surface area (Å²) in [6.07, 6.45) is -1.06. The Morgan fingerprint density at radius 2 is 2.06 bits per heavy atom. The maximum atomic E-state index is 13.2. The molecule has 6 nitrogen and oxygen atoms in total. The summed E-state index contributed by atoms with van der Waals surface area (Å²) in [5.41, 5.74) is 1.68. The summed E-state index contributed by atoms with van der Waals surface area (Å²) in [6, 6.07) is 2.65. The minimum absolute atomic E-state index is 0.0296. The lowest BCUT2D eigenvalue weighted by molar-refractivity contribution is 0.150. The number of halogens is 2. The Bertz CT molecular complexity index is 547. The third-order valence-electron chi connectivity index (χ3n) is 1.77. The van der Waals surface area contributed by atoms with Crippen LogP contribution in [0.3, 0.4) is 0 Å². The summed E-state index contributed by atoms with van der Waals surface area (Å²) < 4.78 is 53.5. The van der Waals surface area contributed by atoms with E-state index in [1.54, 1.807) is 10.3 Å². The lowest BCUT2D eigenvalue weighted by Crippen LogP contribution is -2.42. The van der Waals surface area contributed by atoms with Crippen molar-refractivity contribution in [1.82, 2.24) is 10.3 Å². The predicted octanol–water partition coefficient (Wildman–Crippen LogP) is 0.904. The van der Waals surface area contributed by atoms with Gasteiger partial charge in [0, 0.05) is 0 Å². The number of carbonyl (C=O) groups is 1. The number of benzene rings is 1. The first-order valence-corrected chi connectivity index (χ1v) is 6.25. The van der Waals surface area contributed by atoms with Crippen molar-refractivity contribution >= 4 is 16.1 Å². The molecule has 1 aromatic carbocycles. The van der Waals surface area contributed by atoms with Gasteiger partial charge in [-0.15, -0.1) is 4.83 Å². The molecule has 2 N–H and O–H groups in total. The van der Waals surface area contributed by atoms with Crippen LogP contribution in [-0.4, -0.2) is 21.1 Å². The fourth-order valence-electron chi connectivity index (χ4n) is 1.02. The number of ether oxygens (including phenoxy) is 1. The Hall–Kier alpha value is -1.74. The van der Waals surface area contributed by atoms with E-state index in [1.165, 1.54) is 6.92 Å². The van der Waals surface area contributed by atoms with Gasteiger partial charge < -0.3 is 4.74 Å². The molecule has 1 rings (SSSR count). The number of amides is 1. The molecule has 0 spiro atoms. The fraction of sp³-hybridized carbons (Fsp3) is 0.222. The smallest absolute Gasteiger partial charge is 0.422 e. The van der Waals surface area contributed by atoms with E-state index in [-0.39, 0.29) is 6.61 Å². The van der Waals surface area contributed by atoms with Crippen LogP contribution in [0.2, 0.25) is 0 Å². The van der Waals surface area contributed by atoms with Crippen LogP contribution >= 0.6 is 0 Å². The summed E-state index contributed by atoms with van der Waals surface area (Å²) in [6.45, 7) is 1.54. The van der Waals surface area contributed by atoms with Gasteiger partial charge in [-0.1, -0.05) is 6.07 Å². The predicted molar refractivity (Wildman–Crippen MR) is 56.8 cm³/mol. The maximum Gasteiger partial charge on any atom is 0.422 e. The summed E-state index contributed by atoms with van der Waals surface area (Å²) in [5.74, 6) is -2.84. The van der Waals surface area contributed by atoms with E-state index in [0.29, 0.717) is 0 Å². The van der Waals surface area contributed by atoms with Gasteiger partial charge in [-0.25, -0.2) is 27.4 Å². The fourth-order valence-corrected chi connectivity index (χ4v) is 1.94.